The van der Waals surface area contributed by atoms with Crippen LogP contribution in [0.5, 0.6) is 17.2 Å². The largest absolute Gasteiger partial charge is 0.497 e. The Labute approximate surface area is 134 Å². The topological polar surface area (TPSA) is 69.9 Å². The molecule has 0 aliphatic carbocycles. The van der Waals surface area contributed by atoms with Crippen molar-refractivity contribution in [2.24, 2.45) is 0 Å². The number of nitrogens with zero attached hydrogens (tertiary/aromatic N) is 1. The Hall–Kier alpha value is -2.47. The van der Waals surface area contributed by atoms with Gasteiger partial charge in [0, 0.05) is 12.3 Å². The first-order valence-corrected chi connectivity index (χ1v) is 7.36. The van der Waals surface area contributed by atoms with Crippen LogP contribution in [0.4, 0.5) is 0 Å². The van der Waals surface area contributed by atoms with Crippen LogP contribution in [0.15, 0.2) is 41.3 Å². The summed E-state index contributed by atoms with van der Waals surface area (Å²) < 4.78 is 18.0. The summed E-state index contributed by atoms with van der Waals surface area (Å²) in [7, 11) is 1.62. The number of hydrogen-bond donors (Lipinski definition) is 1. The summed E-state index contributed by atoms with van der Waals surface area (Å²) in [5.74, 6) is 1.80. The fraction of sp³-hybridized carbons (Fsp3) is 0.353. The van der Waals surface area contributed by atoms with E-state index in [1.165, 1.54) is 6.07 Å². The molecule has 0 atom stereocenters. The first kappa shape index (κ1) is 16.9. The van der Waals surface area contributed by atoms with Gasteiger partial charge < -0.3 is 23.9 Å². The Balaban J connectivity index is 1.98. The van der Waals surface area contributed by atoms with Gasteiger partial charge in [-0.05, 0) is 31.2 Å². The van der Waals surface area contributed by atoms with Gasteiger partial charge in [-0.25, -0.2) is 0 Å². The van der Waals surface area contributed by atoms with E-state index < -0.39 is 0 Å². The van der Waals surface area contributed by atoms with E-state index in [2.05, 4.69) is 0 Å². The first-order valence-electron chi connectivity index (χ1n) is 7.36. The molecule has 0 spiro atoms. The second-order valence-electron chi connectivity index (χ2n) is 4.88. The van der Waals surface area contributed by atoms with E-state index in [1.54, 1.807) is 13.3 Å². The average Bonchev–Trinajstić information content (AvgIpc) is 2.57. The van der Waals surface area contributed by atoms with Crippen molar-refractivity contribution in [3.05, 3.63) is 52.4 Å². The van der Waals surface area contributed by atoms with Gasteiger partial charge in [-0.3, -0.25) is 4.79 Å². The first-order chi connectivity index (χ1) is 11.2. The number of rotatable bonds is 8. The highest BCUT2D eigenvalue weighted by atomic mass is 16.5. The molecule has 0 amide bonds. The number of aliphatic hydroxyl groups excluding tert-OH is 1. The highest BCUT2D eigenvalue weighted by Gasteiger charge is 2.08. The zero-order valence-electron chi connectivity index (χ0n) is 13.3. The van der Waals surface area contributed by atoms with Crippen LogP contribution in [0.25, 0.3) is 0 Å². The van der Waals surface area contributed by atoms with Gasteiger partial charge in [0.25, 0.3) is 0 Å². The summed E-state index contributed by atoms with van der Waals surface area (Å²) in [6.07, 6.45) is 1.71. The molecule has 0 radical (unpaired) electrons. The highest BCUT2D eigenvalue weighted by Crippen LogP contribution is 2.17. The van der Waals surface area contributed by atoms with Gasteiger partial charge in [-0.15, -0.1) is 0 Å². The van der Waals surface area contributed by atoms with Gasteiger partial charge in [0.1, 0.15) is 24.7 Å². The summed E-state index contributed by atoms with van der Waals surface area (Å²) in [5.41, 5.74) is 0.521. The van der Waals surface area contributed by atoms with E-state index >= 15 is 0 Å². The molecule has 6 heteroatoms. The van der Waals surface area contributed by atoms with Crippen LogP contribution in [0, 0.1) is 6.92 Å². The minimum atomic E-state index is -0.191. The molecule has 0 aliphatic heterocycles. The third kappa shape index (κ3) is 4.50. The molecule has 6 nitrogen and oxygen atoms in total. The molecular formula is C17H21NO5. The monoisotopic (exact) mass is 319 g/mol. The van der Waals surface area contributed by atoms with E-state index in [0.717, 1.165) is 11.5 Å². The second kappa shape index (κ2) is 8.24. The number of methoxy groups -OCH3 is 1. The van der Waals surface area contributed by atoms with Crippen LogP contribution in [0.3, 0.4) is 0 Å². The second-order valence-corrected chi connectivity index (χ2v) is 4.88. The van der Waals surface area contributed by atoms with Crippen molar-refractivity contribution in [1.29, 1.82) is 0 Å². The standard InChI is InChI=1S/C17H21NO5/c1-13-17(23-12-10-19)16(20)7-8-18(13)9-11-22-15-5-3-14(21-2)4-6-15/h3-8,19H,9-12H2,1-2H3. The Bertz CT molecular complexity index is 678. The zero-order chi connectivity index (χ0) is 16.7. The normalized spacial score (nSPS) is 10.4. The maximum atomic E-state index is 11.8. The van der Waals surface area contributed by atoms with Crippen LogP contribution in [-0.4, -0.2) is 36.6 Å². The van der Waals surface area contributed by atoms with Crippen molar-refractivity contribution in [1.82, 2.24) is 4.57 Å². The fourth-order valence-electron chi connectivity index (χ4n) is 2.15. The van der Waals surface area contributed by atoms with Crippen LogP contribution in [0.1, 0.15) is 5.69 Å². The number of aliphatic hydroxyl groups is 1. The maximum Gasteiger partial charge on any atom is 0.223 e. The van der Waals surface area contributed by atoms with Crippen molar-refractivity contribution < 1.29 is 19.3 Å². The number of hydrogen-bond acceptors (Lipinski definition) is 5. The molecule has 1 aromatic heterocycles. The van der Waals surface area contributed by atoms with Gasteiger partial charge >= 0.3 is 0 Å². The van der Waals surface area contributed by atoms with Crippen molar-refractivity contribution in [2.45, 2.75) is 13.5 Å². The summed E-state index contributed by atoms with van der Waals surface area (Å²) in [4.78, 5) is 11.8. The predicted octanol–water partition coefficient (Wildman–Crippen LogP) is 1.62. The molecular weight excluding hydrogens is 298 g/mol. The molecule has 2 aromatic rings. The maximum absolute atomic E-state index is 11.8. The molecule has 124 valence electrons. The number of aromatic nitrogens is 1. The Morgan fingerprint density at radius 2 is 1.74 bits per heavy atom. The highest BCUT2D eigenvalue weighted by molar-refractivity contribution is 5.31. The average molecular weight is 319 g/mol. The number of benzene rings is 1. The van der Waals surface area contributed by atoms with E-state index in [-0.39, 0.29) is 24.4 Å². The third-order valence-electron chi connectivity index (χ3n) is 3.39. The summed E-state index contributed by atoms with van der Waals surface area (Å²) in [5, 5.41) is 8.82. The fourth-order valence-corrected chi connectivity index (χ4v) is 2.15. The SMILES string of the molecule is COc1ccc(OCCn2ccc(=O)c(OCCO)c2C)cc1. The van der Waals surface area contributed by atoms with Crippen LogP contribution in [-0.2, 0) is 6.54 Å². The van der Waals surface area contributed by atoms with Crippen molar-refractivity contribution in [3.63, 3.8) is 0 Å². The molecule has 0 unspecified atom stereocenters. The van der Waals surface area contributed by atoms with Crippen LogP contribution < -0.4 is 19.6 Å². The molecule has 1 aromatic carbocycles. The molecule has 0 aliphatic rings. The summed E-state index contributed by atoms with van der Waals surface area (Å²) in [6.45, 7) is 2.81. The van der Waals surface area contributed by atoms with E-state index in [1.807, 2.05) is 35.8 Å². The van der Waals surface area contributed by atoms with E-state index in [0.29, 0.717) is 18.8 Å². The minimum Gasteiger partial charge on any atom is -0.497 e. The number of pyridine rings is 1. The van der Waals surface area contributed by atoms with Crippen LogP contribution in [0.2, 0.25) is 0 Å². The molecule has 0 fully saturated rings. The lowest BCUT2D eigenvalue weighted by atomic mass is 10.3. The van der Waals surface area contributed by atoms with Crippen molar-refractivity contribution in [2.75, 3.05) is 26.9 Å². The van der Waals surface area contributed by atoms with E-state index in [4.69, 9.17) is 19.3 Å². The quantitative estimate of drug-likeness (QED) is 0.800. The summed E-state index contributed by atoms with van der Waals surface area (Å²) >= 11 is 0. The molecule has 1 heterocycles. The minimum absolute atomic E-state index is 0.0996. The molecule has 23 heavy (non-hydrogen) atoms. The zero-order valence-corrected chi connectivity index (χ0v) is 13.3. The van der Waals surface area contributed by atoms with Gasteiger partial charge in [0.15, 0.2) is 5.75 Å². The Morgan fingerprint density at radius 1 is 1.04 bits per heavy atom. The predicted molar refractivity (Wildman–Crippen MR) is 86.5 cm³/mol. The Morgan fingerprint density at radius 3 is 2.39 bits per heavy atom. The van der Waals surface area contributed by atoms with Gasteiger partial charge in [0.2, 0.25) is 5.43 Å². The van der Waals surface area contributed by atoms with Gasteiger partial charge in [-0.2, -0.15) is 0 Å². The molecule has 0 saturated carbocycles. The van der Waals surface area contributed by atoms with Gasteiger partial charge in [0.05, 0.1) is 26.0 Å². The van der Waals surface area contributed by atoms with Crippen LogP contribution >= 0.6 is 0 Å². The van der Waals surface area contributed by atoms with Crippen molar-refractivity contribution >= 4 is 0 Å². The van der Waals surface area contributed by atoms with Gasteiger partial charge in [-0.1, -0.05) is 0 Å². The molecule has 0 bridgehead atoms. The number of ether oxygens (including phenoxy) is 3. The smallest absolute Gasteiger partial charge is 0.223 e. The Kier molecular flexibility index (Phi) is 6.05. The lowest BCUT2D eigenvalue weighted by Gasteiger charge is -2.15. The molecule has 0 saturated heterocycles. The third-order valence-corrected chi connectivity index (χ3v) is 3.39. The van der Waals surface area contributed by atoms with E-state index in [9.17, 15) is 4.79 Å². The lowest BCUT2D eigenvalue weighted by molar-refractivity contribution is 0.198. The molecule has 1 N–H and O–H groups in total. The lowest BCUT2D eigenvalue weighted by Crippen LogP contribution is -2.18. The summed E-state index contributed by atoms with van der Waals surface area (Å²) in [6, 6.07) is 8.80. The van der Waals surface area contributed by atoms with Crippen molar-refractivity contribution in [3.8, 4) is 17.2 Å². The molecule has 2 rings (SSSR count).